The number of para-hydroxylation sites is 1. The van der Waals surface area contributed by atoms with E-state index in [4.69, 9.17) is 4.18 Å². The van der Waals surface area contributed by atoms with Gasteiger partial charge in [0.25, 0.3) is 0 Å². The first-order valence-corrected chi connectivity index (χ1v) is 16.2. The second kappa shape index (κ2) is 21.3. The minimum Gasteiger partial charge on any atom is -0.382 e. The summed E-state index contributed by atoms with van der Waals surface area (Å²) in [7, 11) is -3.52. The van der Waals surface area contributed by atoms with Crippen molar-refractivity contribution >= 4 is 10.1 Å². The van der Waals surface area contributed by atoms with E-state index in [9.17, 15) is 8.42 Å². The van der Waals surface area contributed by atoms with Crippen molar-refractivity contribution < 1.29 is 12.6 Å². The molecule has 0 heterocycles. The maximum Gasteiger partial charge on any atom is 0.309 e. The van der Waals surface area contributed by atoms with Gasteiger partial charge in [-0.25, -0.2) is 0 Å². The second-order valence-electron chi connectivity index (χ2n) is 10.1. The SMILES string of the molecule is CCCCCCCCCCCCc1ccccc1OS(=O)(=O)CCCCCCCCCCCC. The average Bonchev–Trinajstić information content (AvgIpc) is 2.82. The van der Waals surface area contributed by atoms with E-state index in [1.807, 2.05) is 24.3 Å². The van der Waals surface area contributed by atoms with Crippen molar-refractivity contribution in [2.45, 2.75) is 149 Å². The maximum atomic E-state index is 12.5. The van der Waals surface area contributed by atoms with E-state index in [2.05, 4.69) is 13.8 Å². The van der Waals surface area contributed by atoms with E-state index in [1.54, 1.807) is 0 Å². The lowest BCUT2D eigenvalue weighted by Gasteiger charge is -2.11. The Kier molecular flexibility index (Phi) is 19.4. The molecular formula is C30H54O3S. The van der Waals surface area contributed by atoms with Crippen LogP contribution in [0.1, 0.15) is 148 Å². The Morgan fingerprint density at radius 1 is 0.559 bits per heavy atom. The molecule has 0 atom stereocenters. The van der Waals surface area contributed by atoms with Gasteiger partial charge >= 0.3 is 10.1 Å². The van der Waals surface area contributed by atoms with Crippen LogP contribution >= 0.6 is 0 Å². The van der Waals surface area contributed by atoms with Gasteiger partial charge in [0, 0.05) is 0 Å². The zero-order valence-corrected chi connectivity index (χ0v) is 23.3. The molecule has 4 heteroatoms. The third-order valence-electron chi connectivity index (χ3n) is 6.74. The average molecular weight is 495 g/mol. The highest BCUT2D eigenvalue weighted by Gasteiger charge is 2.15. The Morgan fingerprint density at radius 2 is 0.971 bits per heavy atom. The molecule has 1 aromatic rings. The van der Waals surface area contributed by atoms with Crippen molar-refractivity contribution in [3.63, 3.8) is 0 Å². The van der Waals surface area contributed by atoms with Crippen LogP contribution in [0.25, 0.3) is 0 Å². The van der Waals surface area contributed by atoms with E-state index in [0.717, 1.165) is 31.2 Å². The molecule has 0 fully saturated rings. The van der Waals surface area contributed by atoms with Crippen LogP contribution in [0.5, 0.6) is 5.75 Å². The molecular weight excluding hydrogens is 440 g/mol. The first-order chi connectivity index (χ1) is 16.6. The summed E-state index contributed by atoms with van der Waals surface area (Å²) in [5.41, 5.74) is 1.02. The van der Waals surface area contributed by atoms with Gasteiger partial charge in [0.2, 0.25) is 0 Å². The number of hydrogen-bond acceptors (Lipinski definition) is 3. The summed E-state index contributed by atoms with van der Waals surface area (Å²) in [4.78, 5) is 0. The highest BCUT2D eigenvalue weighted by Crippen LogP contribution is 2.23. The summed E-state index contributed by atoms with van der Waals surface area (Å²) in [5.74, 6) is 0.654. The smallest absolute Gasteiger partial charge is 0.309 e. The molecule has 0 saturated heterocycles. The van der Waals surface area contributed by atoms with Gasteiger partial charge in [0.1, 0.15) is 5.75 Å². The van der Waals surface area contributed by atoms with Crippen molar-refractivity contribution in [3.8, 4) is 5.75 Å². The van der Waals surface area contributed by atoms with Crippen molar-refractivity contribution in [2.24, 2.45) is 0 Å². The minimum absolute atomic E-state index is 0.121. The highest BCUT2D eigenvalue weighted by atomic mass is 32.2. The van der Waals surface area contributed by atoms with E-state index in [-0.39, 0.29) is 5.75 Å². The molecule has 0 aliphatic carbocycles. The van der Waals surface area contributed by atoms with E-state index in [0.29, 0.717) is 12.2 Å². The first-order valence-electron chi connectivity index (χ1n) is 14.6. The number of benzene rings is 1. The van der Waals surface area contributed by atoms with Crippen molar-refractivity contribution in [3.05, 3.63) is 29.8 Å². The molecule has 0 N–H and O–H groups in total. The number of aryl methyl sites for hydroxylation is 1. The van der Waals surface area contributed by atoms with Crippen LogP contribution in [0.15, 0.2) is 24.3 Å². The third kappa shape index (κ3) is 17.4. The van der Waals surface area contributed by atoms with Gasteiger partial charge in [-0.2, -0.15) is 8.42 Å². The molecule has 34 heavy (non-hydrogen) atoms. The molecule has 0 aromatic heterocycles. The van der Waals surface area contributed by atoms with Crippen molar-refractivity contribution in [1.29, 1.82) is 0 Å². The summed E-state index contributed by atoms with van der Waals surface area (Å²) in [6.07, 6.45) is 25.9. The predicted octanol–water partition coefficient (Wildman–Crippen LogP) is 9.78. The normalized spacial score (nSPS) is 11.7. The lowest BCUT2D eigenvalue weighted by molar-refractivity contribution is 0.477. The van der Waals surface area contributed by atoms with Gasteiger partial charge in [-0.15, -0.1) is 0 Å². The first kappa shape index (κ1) is 31.0. The molecule has 0 amide bonds. The van der Waals surface area contributed by atoms with Gasteiger partial charge in [-0.3, -0.25) is 0 Å². The summed E-state index contributed by atoms with van der Waals surface area (Å²) in [6, 6.07) is 7.67. The zero-order valence-electron chi connectivity index (χ0n) is 22.5. The maximum absolute atomic E-state index is 12.5. The lowest BCUT2D eigenvalue weighted by Crippen LogP contribution is -2.14. The molecule has 0 unspecified atom stereocenters. The predicted molar refractivity (Wildman–Crippen MR) is 148 cm³/mol. The largest absolute Gasteiger partial charge is 0.382 e. The van der Waals surface area contributed by atoms with Crippen LogP contribution in [0.4, 0.5) is 0 Å². The number of rotatable bonds is 24. The molecule has 0 spiro atoms. The summed E-state index contributed by atoms with van der Waals surface area (Å²) < 4.78 is 30.5. The summed E-state index contributed by atoms with van der Waals surface area (Å²) in [5, 5.41) is 0. The summed E-state index contributed by atoms with van der Waals surface area (Å²) in [6.45, 7) is 4.51. The second-order valence-corrected chi connectivity index (χ2v) is 11.8. The Hall–Kier alpha value is -1.03. The topological polar surface area (TPSA) is 43.4 Å². The fourth-order valence-electron chi connectivity index (χ4n) is 4.54. The van der Waals surface area contributed by atoms with E-state index >= 15 is 0 Å². The Bertz CT molecular complexity index is 684. The summed E-state index contributed by atoms with van der Waals surface area (Å²) >= 11 is 0. The quantitative estimate of drug-likeness (QED) is 0.106. The molecule has 1 aromatic carbocycles. The van der Waals surface area contributed by atoms with Gasteiger partial charge < -0.3 is 4.18 Å². The Labute approximate surface area is 212 Å². The van der Waals surface area contributed by atoms with E-state index in [1.165, 1.54) is 103 Å². The Balaban J connectivity index is 2.18. The minimum atomic E-state index is -3.52. The van der Waals surface area contributed by atoms with Gasteiger partial charge in [-0.1, -0.05) is 148 Å². The van der Waals surface area contributed by atoms with Crippen LogP contribution in [0, 0.1) is 0 Å². The van der Waals surface area contributed by atoms with E-state index < -0.39 is 10.1 Å². The van der Waals surface area contributed by atoms with Crippen LogP contribution in [0.3, 0.4) is 0 Å². The van der Waals surface area contributed by atoms with Crippen LogP contribution in [0.2, 0.25) is 0 Å². The molecule has 0 aliphatic rings. The van der Waals surface area contributed by atoms with Gasteiger partial charge in [0.05, 0.1) is 5.75 Å². The van der Waals surface area contributed by atoms with Gasteiger partial charge in [0.15, 0.2) is 0 Å². The monoisotopic (exact) mass is 494 g/mol. The number of unbranched alkanes of at least 4 members (excludes halogenated alkanes) is 18. The molecule has 0 aliphatic heterocycles. The fraction of sp³-hybridized carbons (Fsp3) is 0.800. The third-order valence-corrected chi connectivity index (χ3v) is 7.96. The van der Waals surface area contributed by atoms with Crippen LogP contribution in [-0.2, 0) is 16.5 Å². The van der Waals surface area contributed by atoms with Crippen molar-refractivity contribution in [2.75, 3.05) is 5.75 Å². The molecule has 1 rings (SSSR count). The standard InChI is InChI=1S/C30H54O3S/c1-3-5-7-9-11-13-15-17-19-21-25-29-26-22-23-27-30(29)33-34(31,32)28-24-20-18-16-14-12-10-8-6-4-2/h22-23,26-27H,3-21,24-25,28H2,1-2H3. The molecule has 198 valence electrons. The number of hydrogen-bond donors (Lipinski definition) is 0. The van der Waals surface area contributed by atoms with Crippen molar-refractivity contribution in [1.82, 2.24) is 0 Å². The zero-order chi connectivity index (χ0) is 24.7. The highest BCUT2D eigenvalue weighted by molar-refractivity contribution is 7.87. The fourth-order valence-corrected chi connectivity index (χ4v) is 5.62. The molecule has 0 bridgehead atoms. The molecule has 3 nitrogen and oxygen atoms in total. The molecule has 0 radical (unpaired) electrons. The molecule has 0 saturated carbocycles. The van der Waals surface area contributed by atoms with Gasteiger partial charge in [-0.05, 0) is 30.9 Å². The van der Waals surface area contributed by atoms with Crippen LogP contribution < -0.4 is 4.18 Å². The van der Waals surface area contributed by atoms with Crippen LogP contribution in [-0.4, -0.2) is 14.2 Å². The lowest BCUT2D eigenvalue weighted by atomic mass is 10.0. The Morgan fingerprint density at radius 3 is 1.47 bits per heavy atom.